The van der Waals surface area contributed by atoms with Gasteiger partial charge in [0.15, 0.2) is 5.13 Å². The molecule has 0 fully saturated rings. The topological polar surface area (TPSA) is 46.6 Å². The fourth-order valence-electron chi connectivity index (χ4n) is 1.71. The molecule has 5 nitrogen and oxygen atoms in total. The van der Waals surface area contributed by atoms with Gasteiger partial charge in [0.05, 0.1) is 18.9 Å². The predicted octanol–water partition coefficient (Wildman–Crippen LogP) is 2.65. The lowest BCUT2D eigenvalue weighted by molar-refractivity contribution is 0.154. The molecule has 0 spiro atoms. The number of nitrogens with zero attached hydrogens (tertiary/aromatic N) is 2. The van der Waals surface area contributed by atoms with E-state index in [0.29, 0.717) is 6.61 Å². The highest BCUT2D eigenvalue weighted by atomic mass is 32.1. The summed E-state index contributed by atoms with van der Waals surface area (Å²) in [7, 11) is 3.76. The summed E-state index contributed by atoms with van der Waals surface area (Å²) in [5, 5.41) is 4.53. The van der Waals surface area contributed by atoms with Gasteiger partial charge in [-0.3, -0.25) is 0 Å². The van der Waals surface area contributed by atoms with Crippen molar-refractivity contribution in [3.8, 4) is 0 Å². The SMILES string of the molecule is CCOCCN(C)c1nc(COC)c(CNC(C)(C)C)s1. The van der Waals surface area contributed by atoms with Gasteiger partial charge in [-0.15, -0.1) is 11.3 Å². The number of hydrogen-bond donors (Lipinski definition) is 1. The lowest BCUT2D eigenvalue weighted by atomic mass is 10.1. The first-order chi connectivity index (χ1) is 9.87. The van der Waals surface area contributed by atoms with Crippen molar-refractivity contribution in [1.82, 2.24) is 10.3 Å². The van der Waals surface area contributed by atoms with Gasteiger partial charge in [-0.2, -0.15) is 0 Å². The Balaban J connectivity index is 2.73. The van der Waals surface area contributed by atoms with Crippen LogP contribution in [0.15, 0.2) is 0 Å². The number of nitrogens with one attached hydrogen (secondary N) is 1. The van der Waals surface area contributed by atoms with E-state index in [2.05, 4.69) is 38.0 Å². The zero-order valence-electron chi connectivity index (χ0n) is 14.2. The third-order valence-corrected chi connectivity index (χ3v) is 4.14. The molecule has 0 saturated heterocycles. The molecule has 0 bridgehead atoms. The number of ether oxygens (including phenoxy) is 2. The Morgan fingerprint density at radius 3 is 2.62 bits per heavy atom. The van der Waals surface area contributed by atoms with E-state index in [0.717, 1.165) is 37.1 Å². The van der Waals surface area contributed by atoms with Crippen molar-refractivity contribution in [3.05, 3.63) is 10.6 Å². The van der Waals surface area contributed by atoms with Crippen molar-refractivity contribution in [2.24, 2.45) is 0 Å². The number of anilines is 1. The zero-order valence-corrected chi connectivity index (χ0v) is 15.0. The second-order valence-electron chi connectivity index (χ2n) is 6.02. The van der Waals surface area contributed by atoms with Crippen LogP contribution in [0.2, 0.25) is 0 Å². The monoisotopic (exact) mass is 315 g/mol. The molecule has 21 heavy (non-hydrogen) atoms. The first-order valence-electron chi connectivity index (χ1n) is 7.38. The summed E-state index contributed by atoms with van der Waals surface area (Å²) < 4.78 is 10.7. The van der Waals surface area contributed by atoms with E-state index in [1.54, 1.807) is 18.4 Å². The molecule has 0 atom stereocenters. The number of rotatable bonds is 9. The van der Waals surface area contributed by atoms with Crippen LogP contribution < -0.4 is 10.2 Å². The predicted molar refractivity (Wildman–Crippen MR) is 89.2 cm³/mol. The van der Waals surface area contributed by atoms with Crippen LogP contribution in [-0.4, -0.2) is 44.4 Å². The number of aromatic nitrogens is 1. The van der Waals surface area contributed by atoms with Gasteiger partial charge in [-0.1, -0.05) is 0 Å². The Morgan fingerprint density at radius 2 is 2.05 bits per heavy atom. The van der Waals surface area contributed by atoms with Gasteiger partial charge >= 0.3 is 0 Å². The number of thiazole rings is 1. The van der Waals surface area contributed by atoms with Crippen LogP contribution in [0.25, 0.3) is 0 Å². The Bertz CT molecular complexity index is 416. The molecular formula is C15H29N3O2S. The van der Waals surface area contributed by atoms with E-state index < -0.39 is 0 Å². The molecule has 0 radical (unpaired) electrons. The van der Waals surface area contributed by atoms with E-state index >= 15 is 0 Å². The fourth-order valence-corrected chi connectivity index (χ4v) is 2.70. The summed E-state index contributed by atoms with van der Waals surface area (Å²) in [5.41, 5.74) is 1.12. The van der Waals surface area contributed by atoms with Crippen molar-refractivity contribution in [1.29, 1.82) is 0 Å². The number of likely N-dealkylation sites (N-methyl/N-ethyl adjacent to an activating group) is 1. The van der Waals surface area contributed by atoms with Crippen molar-refractivity contribution >= 4 is 16.5 Å². The van der Waals surface area contributed by atoms with Crippen molar-refractivity contribution in [3.63, 3.8) is 0 Å². The van der Waals surface area contributed by atoms with Gasteiger partial charge in [-0.05, 0) is 27.7 Å². The number of methoxy groups -OCH3 is 1. The van der Waals surface area contributed by atoms with Gasteiger partial charge in [0.1, 0.15) is 0 Å². The summed E-state index contributed by atoms with van der Waals surface area (Å²) in [4.78, 5) is 8.08. The van der Waals surface area contributed by atoms with E-state index in [4.69, 9.17) is 14.5 Å². The summed E-state index contributed by atoms with van der Waals surface area (Å²) in [6, 6.07) is 0. The highest BCUT2D eigenvalue weighted by Gasteiger charge is 2.16. The summed E-state index contributed by atoms with van der Waals surface area (Å²) in [5.74, 6) is 0. The van der Waals surface area contributed by atoms with Gasteiger partial charge in [-0.25, -0.2) is 4.98 Å². The smallest absolute Gasteiger partial charge is 0.185 e. The molecule has 0 saturated carbocycles. The van der Waals surface area contributed by atoms with Gasteiger partial charge in [0, 0.05) is 44.3 Å². The molecule has 1 N–H and O–H groups in total. The first-order valence-corrected chi connectivity index (χ1v) is 8.20. The molecule has 0 aromatic carbocycles. The second-order valence-corrected chi connectivity index (χ2v) is 7.08. The van der Waals surface area contributed by atoms with Crippen molar-refractivity contribution < 1.29 is 9.47 Å². The molecule has 0 aliphatic rings. The highest BCUT2D eigenvalue weighted by Crippen LogP contribution is 2.26. The minimum Gasteiger partial charge on any atom is -0.380 e. The minimum atomic E-state index is 0.0926. The van der Waals surface area contributed by atoms with Crippen LogP contribution in [0.1, 0.15) is 38.3 Å². The minimum absolute atomic E-state index is 0.0926. The third-order valence-electron chi connectivity index (χ3n) is 2.93. The largest absolute Gasteiger partial charge is 0.380 e. The maximum absolute atomic E-state index is 5.40. The normalized spacial score (nSPS) is 11.9. The lowest BCUT2D eigenvalue weighted by Gasteiger charge is -2.20. The molecule has 0 amide bonds. The van der Waals surface area contributed by atoms with Crippen LogP contribution in [0.3, 0.4) is 0 Å². The molecule has 1 heterocycles. The maximum Gasteiger partial charge on any atom is 0.185 e. The quantitative estimate of drug-likeness (QED) is 0.710. The Labute approximate surface area is 132 Å². The molecule has 1 aromatic rings. The molecule has 1 aromatic heterocycles. The first kappa shape index (κ1) is 18.4. The molecular weight excluding hydrogens is 286 g/mol. The van der Waals surface area contributed by atoms with Gasteiger partial charge < -0.3 is 19.7 Å². The summed E-state index contributed by atoms with van der Waals surface area (Å²) in [6.45, 7) is 12.2. The molecule has 6 heteroatoms. The molecule has 0 aliphatic heterocycles. The van der Waals surface area contributed by atoms with Gasteiger partial charge in [0.2, 0.25) is 0 Å². The maximum atomic E-state index is 5.40. The summed E-state index contributed by atoms with van der Waals surface area (Å²) in [6.07, 6.45) is 0. The average molecular weight is 315 g/mol. The Kier molecular flexibility index (Phi) is 7.59. The standard InChI is InChI=1S/C15H29N3O2S/c1-7-20-9-8-18(5)14-17-12(11-19-6)13(21-14)10-16-15(2,3)4/h16H,7-11H2,1-6H3. The fraction of sp³-hybridized carbons (Fsp3) is 0.800. The van der Waals surface area contributed by atoms with Crippen LogP contribution in [0, 0.1) is 0 Å². The molecule has 0 aliphatic carbocycles. The van der Waals surface area contributed by atoms with E-state index in [-0.39, 0.29) is 5.54 Å². The van der Waals surface area contributed by atoms with E-state index in [1.165, 1.54) is 4.88 Å². The zero-order chi connectivity index (χ0) is 15.9. The Hall–Kier alpha value is -0.690. The van der Waals surface area contributed by atoms with Crippen LogP contribution in [0.5, 0.6) is 0 Å². The van der Waals surface area contributed by atoms with Gasteiger partial charge in [0.25, 0.3) is 0 Å². The average Bonchev–Trinajstić information content (AvgIpc) is 2.80. The lowest BCUT2D eigenvalue weighted by Crippen LogP contribution is -2.35. The molecule has 0 unspecified atom stereocenters. The van der Waals surface area contributed by atoms with E-state index in [9.17, 15) is 0 Å². The second kappa shape index (κ2) is 8.68. The van der Waals surface area contributed by atoms with Crippen molar-refractivity contribution in [2.45, 2.75) is 46.4 Å². The third kappa shape index (κ3) is 6.74. The van der Waals surface area contributed by atoms with Crippen LogP contribution >= 0.6 is 11.3 Å². The molecule has 1 rings (SSSR count). The van der Waals surface area contributed by atoms with E-state index in [1.807, 2.05) is 6.92 Å². The summed E-state index contributed by atoms with van der Waals surface area (Å²) >= 11 is 1.72. The van der Waals surface area contributed by atoms with Crippen LogP contribution in [0.4, 0.5) is 5.13 Å². The highest BCUT2D eigenvalue weighted by molar-refractivity contribution is 7.15. The molecule has 122 valence electrons. The number of hydrogen-bond acceptors (Lipinski definition) is 6. The van der Waals surface area contributed by atoms with Crippen LogP contribution in [-0.2, 0) is 22.6 Å². The Morgan fingerprint density at radius 1 is 1.33 bits per heavy atom. The van der Waals surface area contributed by atoms with Crippen molar-refractivity contribution in [2.75, 3.05) is 38.8 Å².